The Morgan fingerprint density at radius 3 is 2.09 bits per heavy atom. The van der Waals surface area contributed by atoms with Gasteiger partial charge in [0.05, 0.1) is 10.6 Å². The molecule has 3 rings (SSSR count). The predicted octanol–water partition coefficient (Wildman–Crippen LogP) is 5.91. The molecule has 0 aliphatic heterocycles. The highest BCUT2D eigenvalue weighted by molar-refractivity contribution is 6.37. The van der Waals surface area contributed by atoms with E-state index < -0.39 is 0 Å². The second kappa shape index (κ2) is 6.86. The smallest absolute Gasteiger partial charge is 0.257 e. The quantitative estimate of drug-likeness (QED) is 0.630. The molecule has 0 spiro atoms. The first-order valence-corrected chi connectivity index (χ1v) is 7.81. The molecule has 0 unspecified atom stereocenters. The van der Waals surface area contributed by atoms with E-state index >= 15 is 0 Å². The van der Waals surface area contributed by atoms with E-state index in [0.29, 0.717) is 21.3 Å². The topological polar surface area (TPSA) is 29.1 Å². The van der Waals surface area contributed by atoms with Gasteiger partial charge in [-0.25, -0.2) is 0 Å². The van der Waals surface area contributed by atoms with Crippen LogP contribution in [0.3, 0.4) is 0 Å². The van der Waals surface area contributed by atoms with Crippen molar-refractivity contribution in [2.75, 3.05) is 5.32 Å². The summed E-state index contributed by atoms with van der Waals surface area (Å²) in [6, 6.07) is 22.5. The van der Waals surface area contributed by atoms with Crippen LogP contribution in [0.5, 0.6) is 0 Å². The van der Waals surface area contributed by atoms with Crippen molar-refractivity contribution in [2.24, 2.45) is 0 Å². The lowest BCUT2D eigenvalue weighted by Gasteiger charge is -2.08. The van der Waals surface area contributed by atoms with E-state index in [0.717, 1.165) is 11.1 Å². The number of carbonyl (C=O) groups excluding carboxylic acids is 1. The zero-order chi connectivity index (χ0) is 16.2. The Labute approximate surface area is 144 Å². The van der Waals surface area contributed by atoms with Crippen LogP contribution in [-0.2, 0) is 0 Å². The maximum atomic E-state index is 12.3. The zero-order valence-corrected chi connectivity index (χ0v) is 13.6. The summed E-state index contributed by atoms with van der Waals surface area (Å²) in [5.41, 5.74) is 3.32. The van der Waals surface area contributed by atoms with Gasteiger partial charge in [0, 0.05) is 10.7 Å². The van der Waals surface area contributed by atoms with Crippen LogP contribution in [0.4, 0.5) is 5.69 Å². The molecule has 2 nitrogen and oxygen atoms in total. The van der Waals surface area contributed by atoms with Crippen molar-refractivity contribution in [3.63, 3.8) is 0 Å². The van der Waals surface area contributed by atoms with Gasteiger partial charge in [-0.1, -0.05) is 65.7 Å². The fourth-order valence-corrected chi connectivity index (χ4v) is 2.74. The van der Waals surface area contributed by atoms with Crippen LogP contribution < -0.4 is 5.32 Å². The van der Waals surface area contributed by atoms with Crippen LogP contribution in [0.2, 0.25) is 10.0 Å². The fourth-order valence-electron chi connectivity index (χ4n) is 2.25. The first-order valence-electron chi connectivity index (χ1n) is 7.05. The van der Waals surface area contributed by atoms with Gasteiger partial charge in [0.2, 0.25) is 0 Å². The van der Waals surface area contributed by atoms with E-state index in [4.69, 9.17) is 23.2 Å². The summed E-state index contributed by atoms with van der Waals surface area (Å²) in [4.78, 5) is 12.3. The third kappa shape index (κ3) is 3.73. The highest BCUT2D eigenvalue weighted by Crippen LogP contribution is 2.24. The first kappa shape index (κ1) is 15.6. The molecular formula is C19H13Cl2NO. The van der Waals surface area contributed by atoms with Crippen LogP contribution in [0.1, 0.15) is 10.4 Å². The van der Waals surface area contributed by atoms with Crippen LogP contribution in [-0.4, -0.2) is 5.91 Å². The predicted molar refractivity (Wildman–Crippen MR) is 96.3 cm³/mol. The maximum Gasteiger partial charge on any atom is 0.257 e. The molecule has 4 heteroatoms. The second-order valence-corrected chi connectivity index (χ2v) is 5.87. The molecule has 3 aromatic carbocycles. The monoisotopic (exact) mass is 341 g/mol. The molecule has 0 aliphatic rings. The third-order valence-corrected chi connectivity index (χ3v) is 3.97. The standard InChI is InChI=1S/C19H13Cl2NO/c20-15-8-11-17(18(21)12-15)19(23)22-16-9-6-14(7-10-16)13-4-2-1-3-5-13/h1-12H,(H,22,23). The van der Waals surface area contributed by atoms with E-state index in [9.17, 15) is 4.79 Å². The van der Waals surface area contributed by atoms with E-state index in [2.05, 4.69) is 5.32 Å². The average molecular weight is 342 g/mol. The summed E-state index contributed by atoms with van der Waals surface area (Å²) in [5.74, 6) is -0.265. The lowest BCUT2D eigenvalue weighted by Crippen LogP contribution is -2.12. The Hall–Kier alpha value is -2.29. The Bertz CT molecular complexity index is 830. The molecule has 0 fully saturated rings. The number of rotatable bonds is 3. The minimum atomic E-state index is -0.265. The maximum absolute atomic E-state index is 12.3. The van der Waals surface area contributed by atoms with E-state index in [1.54, 1.807) is 18.2 Å². The van der Waals surface area contributed by atoms with E-state index in [1.807, 2.05) is 54.6 Å². The van der Waals surface area contributed by atoms with E-state index in [1.165, 1.54) is 0 Å². The molecule has 1 N–H and O–H groups in total. The fraction of sp³-hybridized carbons (Fsp3) is 0. The molecular weight excluding hydrogens is 329 g/mol. The molecule has 1 amide bonds. The van der Waals surface area contributed by atoms with Crippen LogP contribution in [0, 0.1) is 0 Å². The van der Waals surface area contributed by atoms with Crippen molar-refractivity contribution in [1.82, 2.24) is 0 Å². The molecule has 0 saturated carbocycles. The van der Waals surface area contributed by atoms with Gasteiger partial charge in [0.1, 0.15) is 0 Å². The Morgan fingerprint density at radius 2 is 1.43 bits per heavy atom. The number of nitrogens with one attached hydrogen (secondary N) is 1. The largest absolute Gasteiger partial charge is 0.322 e. The van der Waals surface area contributed by atoms with Crippen molar-refractivity contribution in [3.05, 3.63) is 88.4 Å². The lowest BCUT2D eigenvalue weighted by atomic mass is 10.1. The van der Waals surface area contributed by atoms with Gasteiger partial charge in [0.25, 0.3) is 5.91 Å². The SMILES string of the molecule is O=C(Nc1ccc(-c2ccccc2)cc1)c1ccc(Cl)cc1Cl. The minimum absolute atomic E-state index is 0.265. The first-order chi connectivity index (χ1) is 11.1. The molecule has 0 atom stereocenters. The summed E-state index contributed by atoms with van der Waals surface area (Å²) in [6.45, 7) is 0. The van der Waals surface area contributed by atoms with Gasteiger partial charge in [-0.2, -0.15) is 0 Å². The van der Waals surface area contributed by atoms with Gasteiger partial charge in [-0.05, 0) is 41.5 Å². The summed E-state index contributed by atoms with van der Waals surface area (Å²) < 4.78 is 0. The van der Waals surface area contributed by atoms with Crippen LogP contribution >= 0.6 is 23.2 Å². The number of carbonyl (C=O) groups is 1. The molecule has 0 saturated heterocycles. The number of amides is 1. The molecule has 23 heavy (non-hydrogen) atoms. The molecule has 114 valence electrons. The summed E-state index contributed by atoms with van der Waals surface area (Å²) in [7, 11) is 0. The summed E-state index contributed by atoms with van der Waals surface area (Å²) >= 11 is 11.9. The van der Waals surface area contributed by atoms with Gasteiger partial charge in [-0.3, -0.25) is 4.79 Å². The molecule has 0 radical (unpaired) electrons. The number of anilines is 1. The lowest BCUT2D eigenvalue weighted by molar-refractivity contribution is 0.102. The summed E-state index contributed by atoms with van der Waals surface area (Å²) in [6.07, 6.45) is 0. The van der Waals surface area contributed by atoms with Crippen LogP contribution in [0.15, 0.2) is 72.8 Å². The van der Waals surface area contributed by atoms with Gasteiger partial charge in [0.15, 0.2) is 0 Å². The van der Waals surface area contributed by atoms with Crippen LogP contribution in [0.25, 0.3) is 11.1 Å². The number of hydrogen-bond acceptors (Lipinski definition) is 1. The Kier molecular flexibility index (Phi) is 4.65. The molecule has 0 aromatic heterocycles. The third-order valence-electron chi connectivity index (χ3n) is 3.43. The summed E-state index contributed by atoms with van der Waals surface area (Å²) in [5, 5.41) is 3.66. The highest BCUT2D eigenvalue weighted by atomic mass is 35.5. The molecule has 0 heterocycles. The molecule has 0 bridgehead atoms. The van der Waals surface area contributed by atoms with E-state index in [-0.39, 0.29) is 5.91 Å². The molecule has 0 aliphatic carbocycles. The average Bonchev–Trinajstić information content (AvgIpc) is 2.56. The van der Waals surface area contributed by atoms with Crippen molar-refractivity contribution in [1.29, 1.82) is 0 Å². The zero-order valence-electron chi connectivity index (χ0n) is 12.1. The minimum Gasteiger partial charge on any atom is -0.322 e. The van der Waals surface area contributed by atoms with Gasteiger partial charge < -0.3 is 5.32 Å². The van der Waals surface area contributed by atoms with Crippen molar-refractivity contribution >= 4 is 34.8 Å². The Balaban J connectivity index is 1.77. The van der Waals surface area contributed by atoms with Crippen molar-refractivity contribution in [2.45, 2.75) is 0 Å². The second-order valence-electron chi connectivity index (χ2n) is 5.02. The normalized spacial score (nSPS) is 10.3. The number of benzene rings is 3. The number of halogens is 2. The number of hydrogen-bond donors (Lipinski definition) is 1. The Morgan fingerprint density at radius 1 is 0.783 bits per heavy atom. The van der Waals surface area contributed by atoms with Crippen molar-refractivity contribution in [3.8, 4) is 11.1 Å². The highest BCUT2D eigenvalue weighted by Gasteiger charge is 2.11. The van der Waals surface area contributed by atoms with Crippen molar-refractivity contribution < 1.29 is 4.79 Å². The van der Waals surface area contributed by atoms with Gasteiger partial charge in [-0.15, -0.1) is 0 Å². The van der Waals surface area contributed by atoms with Gasteiger partial charge >= 0.3 is 0 Å². The molecule has 3 aromatic rings.